The number of imidazole rings is 1. The van der Waals surface area contributed by atoms with Gasteiger partial charge in [0, 0.05) is 12.4 Å². The average Bonchev–Trinajstić information content (AvgIpc) is 3.09. The van der Waals surface area contributed by atoms with E-state index in [-0.39, 0.29) is 11.7 Å². The van der Waals surface area contributed by atoms with Crippen molar-refractivity contribution in [1.29, 1.82) is 0 Å². The Bertz CT molecular complexity index is 876. The molecule has 2 aromatic carbocycles. The van der Waals surface area contributed by atoms with Crippen molar-refractivity contribution in [2.45, 2.75) is 12.1 Å². The Morgan fingerprint density at radius 1 is 1.20 bits per heavy atom. The number of benzene rings is 2. The second-order valence-corrected chi connectivity index (χ2v) is 6.35. The molecule has 0 aliphatic heterocycles. The zero-order chi connectivity index (χ0) is 17.6. The van der Waals surface area contributed by atoms with E-state index in [0.29, 0.717) is 11.4 Å². The number of nitrogens with one attached hydrogen (secondary N) is 1. The van der Waals surface area contributed by atoms with E-state index >= 15 is 0 Å². The number of anilines is 1. The number of carbonyl (C=O) groups is 1. The number of aromatic nitrogens is 2. The molecule has 0 spiro atoms. The standard InChI is InChI=1S/C19H19N3O2S/c1-14-7-3-5-9-16(14)22-12-11-20-19(22)25-13-18(23)21-15-8-4-6-10-17(15)24-2/h3-12H,13H2,1-2H3,(H,21,23). The van der Waals surface area contributed by atoms with E-state index in [4.69, 9.17) is 4.74 Å². The Kier molecular flexibility index (Phi) is 5.40. The predicted molar refractivity (Wildman–Crippen MR) is 101 cm³/mol. The van der Waals surface area contributed by atoms with Crippen LogP contribution >= 0.6 is 11.8 Å². The van der Waals surface area contributed by atoms with Crippen LogP contribution in [0.3, 0.4) is 0 Å². The van der Waals surface area contributed by atoms with Gasteiger partial charge >= 0.3 is 0 Å². The van der Waals surface area contributed by atoms with E-state index in [1.807, 2.05) is 53.2 Å². The van der Waals surface area contributed by atoms with Crippen LogP contribution in [0.4, 0.5) is 5.69 Å². The molecule has 0 fully saturated rings. The van der Waals surface area contributed by atoms with Gasteiger partial charge in [-0.2, -0.15) is 0 Å². The van der Waals surface area contributed by atoms with Crippen molar-refractivity contribution < 1.29 is 9.53 Å². The lowest BCUT2D eigenvalue weighted by Gasteiger charge is -2.11. The Balaban J connectivity index is 1.68. The maximum absolute atomic E-state index is 12.3. The maximum atomic E-state index is 12.3. The van der Waals surface area contributed by atoms with Gasteiger partial charge in [0.1, 0.15) is 5.75 Å². The highest BCUT2D eigenvalue weighted by Gasteiger charge is 2.11. The molecule has 0 saturated carbocycles. The number of hydrogen-bond donors (Lipinski definition) is 1. The molecule has 1 heterocycles. The van der Waals surface area contributed by atoms with Crippen molar-refractivity contribution >= 4 is 23.4 Å². The van der Waals surface area contributed by atoms with Crippen molar-refractivity contribution in [3.8, 4) is 11.4 Å². The first-order valence-corrected chi connectivity index (χ1v) is 8.82. The number of amides is 1. The molecule has 0 unspecified atom stereocenters. The number of rotatable bonds is 6. The molecule has 3 aromatic rings. The monoisotopic (exact) mass is 353 g/mol. The summed E-state index contributed by atoms with van der Waals surface area (Å²) < 4.78 is 7.25. The largest absolute Gasteiger partial charge is 0.495 e. The first kappa shape index (κ1) is 17.1. The molecule has 1 amide bonds. The quantitative estimate of drug-likeness (QED) is 0.683. The van der Waals surface area contributed by atoms with Crippen LogP contribution in [0.2, 0.25) is 0 Å². The fourth-order valence-corrected chi connectivity index (χ4v) is 3.24. The second-order valence-electron chi connectivity index (χ2n) is 5.40. The molecule has 0 radical (unpaired) electrons. The van der Waals surface area contributed by atoms with Gasteiger partial charge in [0.05, 0.1) is 24.2 Å². The number of hydrogen-bond acceptors (Lipinski definition) is 4. The minimum atomic E-state index is -0.103. The lowest BCUT2D eigenvalue weighted by Crippen LogP contribution is -2.15. The van der Waals surface area contributed by atoms with Gasteiger partial charge in [-0.15, -0.1) is 0 Å². The van der Waals surface area contributed by atoms with Crippen molar-refractivity contribution in [3.05, 3.63) is 66.5 Å². The maximum Gasteiger partial charge on any atom is 0.234 e. The van der Waals surface area contributed by atoms with Crippen LogP contribution in [0, 0.1) is 6.92 Å². The predicted octanol–water partition coefficient (Wildman–Crippen LogP) is 3.92. The Morgan fingerprint density at radius 2 is 1.96 bits per heavy atom. The summed E-state index contributed by atoms with van der Waals surface area (Å²) in [6, 6.07) is 15.4. The number of carbonyl (C=O) groups excluding carboxylic acids is 1. The highest BCUT2D eigenvalue weighted by molar-refractivity contribution is 7.99. The van der Waals surface area contributed by atoms with Crippen LogP contribution < -0.4 is 10.1 Å². The molecule has 1 aromatic heterocycles. The summed E-state index contributed by atoms with van der Waals surface area (Å²) in [6.07, 6.45) is 3.65. The number of thioether (sulfide) groups is 1. The Morgan fingerprint density at radius 3 is 2.76 bits per heavy atom. The first-order valence-electron chi connectivity index (χ1n) is 7.84. The van der Waals surface area contributed by atoms with Gasteiger partial charge < -0.3 is 10.1 Å². The molecule has 25 heavy (non-hydrogen) atoms. The summed E-state index contributed by atoms with van der Waals surface area (Å²) in [7, 11) is 1.58. The summed E-state index contributed by atoms with van der Waals surface area (Å²) in [6.45, 7) is 2.05. The van der Waals surface area contributed by atoms with E-state index in [9.17, 15) is 4.79 Å². The van der Waals surface area contributed by atoms with E-state index < -0.39 is 0 Å². The molecule has 6 heteroatoms. The van der Waals surface area contributed by atoms with Crippen LogP contribution in [0.5, 0.6) is 5.75 Å². The Hall–Kier alpha value is -2.73. The highest BCUT2D eigenvalue weighted by atomic mass is 32.2. The lowest BCUT2D eigenvalue weighted by molar-refractivity contribution is -0.113. The van der Waals surface area contributed by atoms with Crippen molar-refractivity contribution in [2.24, 2.45) is 0 Å². The molecule has 0 bridgehead atoms. The fraction of sp³-hybridized carbons (Fsp3) is 0.158. The number of para-hydroxylation sites is 3. The number of ether oxygens (including phenoxy) is 1. The van der Waals surface area contributed by atoms with Gasteiger partial charge in [-0.3, -0.25) is 9.36 Å². The fourth-order valence-electron chi connectivity index (χ4n) is 2.48. The van der Waals surface area contributed by atoms with Crippen LogP contribution in [0.1, 0.15) is 5.56 Å². The summed E-state index contributed by atoms with van der Waals surface area (Å²) in [5, 5.41) is 3.65. The lowest BCUT2D eigenvalue weighted by atomic mass is 10.2. The minimum Gasteiger partial charge on any atom is -0.495 e. The van der Waals surface area contributed by atoms with E-state index in [2.05, 4.69) is 23.3 Å². The smallest absolute Gasteiger partial charge is 0.234 e. The average molecular weight is 353 g/mol. The molecule has 1 N–H and O–H groups in total. The topological polar surface area (TPSA) is 56.1 Å². The van der Waals surface area contributed by atoms with Gasteiger partial charge in [-0.1, -0.05) is 42.1 Å². The van der Waals surface area contributed by atoms with Gasteiger partial charge in [0.2, 0.25) is 5.91 Å². The summed E-state index contributed by atoms with van der Waals surface area (Å²) in [5.74, 6) is 0.803. The molecule has 0 aliphatic rings. The van der Waals surface area contributed by atoms with E-state index in [0.717, 1.165) is 16.4 Å². The van der Waals surface area contributed by atoms with Crippen molar-refractivity contribution in [1.82, 2.24) is 9.55 Å². The SMILES string of the molecule is COc1ccccc1NC(=O)CSc1nccn1-c1ccccc1C. The van der Waals surface area contributed by atoms with Crippen molar-refractivity contribution in [3.63, 3.8) is 0 Å². The normalized spacial score (nSPS) is 10.5. The zero-order valence-corrected chi connectivity index (χ0v) is 14.9. The summed E-state index contributed by atoms with van der Waals surface area (Å²) in [5.41, 5.74) is 2.88. The molecule has 0 saturated heterocycles. The van der Waals surface area contributed by atoms with E-state index in [1.165, 1.54) is 11.8 Å². The first-order chi connectivity index (χ1) is 12.2. The molecule has 128 valence electrons. The van der Waals surface area contributed by atoms with Crippen LogP contribution in [0.25, 0.3) is 5.69 Å². The van der Waals surface area contributed by atoms with Crippen LogP contribution in [-0.4, -0.2) is 28.3 Å². The Labute approximate surface area is 151 Å². The van der Waals surface area contributed by atoms with Gasteiger partial charge in [0.15, 0.2) is 5.16 Å². The molecular formula is C19H19N3O2S. The zero-order valence-electron chi connectivity index (χ0n) is 14.1. The van der Waals surface area contributed by atoms with Gasteiger partial charge in [-0.05, 0) is 30.7 Å². The number of aryl methyl sites for hydroxylation is 1. The highest BCUT2D eigenvalue weighted by Crippen LogP contribution is 2.25. The van der Waals surface area contributed by atoms with E-state index in [1.54, 1.807) is 13.3 Å². The number of nitrogens with zero attached hydrogens (tertiary/aromatic N) is 2. The third-order valence-electron chi connectivity index (χ3n) is 3.70. The molecule has 0 atom stereocenters. The van der Waals surface area contributed by atoms with Crippen LogP contribution in [-0.2, 0) is 4.79 Å². The second kappa shape index (κ2) is 7.90. The van der Waals surface area contributed by atoms with Crippen LogP contribution in [0.15, 0.2) is 66.1 Å². The number of methoxy groups -OCH3 is 1. The molecule has 3 rings (SSSR count). The summed E-state index contributed by atoms with van der Waals surface area (Å²) in [4.78, 5) is 16.6. The van der Waals surface area contributed by atoms with Gasteiger partial charge in [-0.25, -0.2) is 4.98 Å². The van der Waals surface area contributed by atoms with Crippen molar-refractivity contribution in [2.75, 3.05) is 18.2 Å². The third-order valence-corrected chi connectivity index (χ3v) is 4.66. The third kappa shape index (κ3) is 4.03. The summed E-state index contributed by atoms with van der Waals surface area (Å²) >= 11 is 1.40. The molecule has 0 aliphatic carbocycles. The van der Waals surface area contributed by atoms with Gasteiger partial charge in [0.25, 0.3) is 0 Å². The minimum absolute atomic E-state index is 0.103. The molecule has 5 nitrogen and oxygen atoms in total. The molecular weight excluding hydrogens is 334 g/mol.